The van der Waals surface area contributed by atoms with E-state index in [1.165, 1.54) is 4.90 Å². The number of nitrogens with zero attached hydrogens (tertiary/aromatic N) is 6. The Kier molecular flexibility index (Phi) is 8.69. The van der Waals surface area contributed by atoms with E-state index in [1.54, 1.807) is 0 Å². The lowest BCUT2D eigenvalue weighted by Gasteiger charge is -2.42. The van der Waals surface area contributed by atoms with Crippen molar-refractivity contribution in [2.75, 3.05) is 44.7 Å². The number of carbonyl (C=O) groups is 1. The second-order valence-electron chi connectivity index (χ2n) is 11.6. The van der Waals surface area contributed by atoms with Crippen LogP contribution in [0.3, 0.4) is 0 Å². The average molecular weight is 621 g/mol. The third-order valence-electron chi connectivity index (χ3n) is 8.76. The Morgan fingerprint density at radius 2 is 2.02 bits per heavy atom. The largest absolute Gasteiger partial charge is 0.462 e. The van der Waals surface area contributed by atoms with Crippen molar-refractivity contribution < 1.29 is 23.8 Å². The van der Waals surface area contributed by atoms with E-state index >= 15 is 0 Å². The Morgan fingerprint density at radius 1 is 1.23 bits per heavy atom. The number of amides is 1. The molecule has 0 bridgehead atoms. The molecular formula is C32H34ClFN6O4. The molecule has 0 radical (unpaired) electrons. The summed E-state index contributed by atoms with van der Waals surface area (Å²) in [5, 5.41) is 22.2. The number of aliphatic hydroxyl groups excluding tert-OH is 1. The van der Waals surface area contributed by atoms with Gasteiger partial charge >= 0.3 is 6.01 Å². The highest BCUT2D eigenvalue weighted by molar-refractivity contribution is 6.35. The second kappa shape index (κ2) is 12.7. The molecule has 12 heteroatoms. The Balaban J connectivity index is 1.34. The summed E-state index contributed by atoms with van der Waals surface area (Å²) < 4.78 is 26.4. The summed E-state index contributed by atoms with van der Waals surface area (Å²) in [5.41, 5.74) is 2.55. The first-order chi connectivity index (χ1) is 21.2. The zero-order valence-corrected chi connectivity index (χ0v) is 25.2. The number of likely N-dealkylation sites (N-methyl/N-ethyl adjacent to an activating group) is 1. The molecule has 230 valence electrons. The second-order valence-corrected chi connectivity index (χ2v) is 12.0. The molecule has 3 aromatic rings. The van der Waals surface area contributed by atoms with E-state index < -0.39 is 23.9 Å². The first-order valence-electron chi connectivity index (χ1n) is 14.7. The lowest BCUT2D eigenvalue weighted by Crippen LogP contribution is -2.55. The van der Waals surface area contributed by atoms with Crippen LogP contribution in [0.4, 0.5) is 10.2 Å². The summed E-state index contributed by atoms with van der Waals surface area (Å²) in [7, 11) is 1.95. The van der Waals surface area contributed by atoms with E-state index in [-0.39, 0.29) is 44.3 Å². The molecule has 0 aliphatic carbocycles. The minimum atomic E-state index is -1.05. The maximum absolute atomic E-state index is 13.8. The van der Waals surface area contributed by atoms with Crippen molar-refractivity contribution in [3.63, 3.8) is 0 Å². The monoisotopic (exact) mass is 620 g/mol. The number of piperazine rings is 1. The summed E-state index contributed by atoms with van der Waals surface area (Å²) >= 11 is 6.64. The number of hydrogen-bond donors (Lipinski definition) is 1. The smallest absolute Gasteiger partial charge is 0.318 e. The van der Waals surface area contributed by atoms with Crippen LogP contribution in [0, 0.1) is 11.3 Å². The highest BCUT2D eigenvalue weighted by Gasteiger charge is 2.36. The third kappa shape index (κ3) is 5.95. The zero-order chi connectivity index (χ0) is 31.0. The predicted molar refractivity (Wildman–Crippen MR) is 163 cm³/mol. The number of anilines is 1. The van der Waals surface area contributed by atoms with Gasteiger partial charge in [-0.1, -0.05) is 48.5 Å². The number of ether oxygens (including phenoxy) is 2. The van der Waals surface area contributed by atoms with Gasteiger partial charge in [-0.25, -0.2) is 4.39 Å². The number of rotatable bonds is 7. The summed E-state index contributed by atoms with van der Waals surface area (Å²) in [6, 6.07) is 13.6. The molecule has 0 spiro atoms. The zero-order valence-electron chi connectivity index (χ0n) is 24.5. The van der Waals surface area contributed by atoms with Crippen molar-refractivity contribution >= 4 is 34.1 Å². The molecule has 6 rings (SSSR count). The molecule has 1 N–H and O–H groups in total. The predicted octanol–water partition coefficient (Wildman–Crippen LogP) is 3.96. The lowest BCUT2D eigenvalue weighted by atomic mass is 9.94. The summed E-state index contributed by atoms with van der Waals surface area (Å²) in [6.45, 7) is 5.11. The van der Waals surface area contributed by atoms with Crippen LogP contribution in [0.2, 0.25) is 5.02 Å². The molecule has 4 heterocycles. The third-order valence-corrected chi connectivity index (χ3v) is 9.08. The van der Waals surface area contributed by atoms with E-state index in [0.29, 0.717) is 43.4 Å². The van der Waals surface area contributed by atoms with Crippen molar-refractivity contribution in [1.82, 2.24) is 19.8 Å². The van der Waals surface area contributed by atoms with Gasteiger partial charge in [0.25, 0.3) is 5.91 Å². The van der Waals surface area contributed by atoms with Crippen molar-refractivity contribution in [2.45, 2.75) is 50.2 Å². The van der Waals surface area contributed by atoms with Crippen molar-refractivity contribution in [2.24, 2.45) is 0 Å². The normalized spacial score (nSPS) is 23.8. The highest BCUT2D eigenvalue weighted by atomic mass is 35.5. The van der Waals surface area contributed by atoms with Gasteiger partial charge in [-0.3, -0.25) is 9.69 Å². The summed E-state index contributed by atoms with van der Waals surface area (Å²) in [4.78, 5) is 27.6. The van der Waals surface area contributed by atoms with Gasteiger partial charge in [0.15, 0.2) is 5.83 Å². The first-order valence-corrected chi connectivity index (χ1v) is 15.1. The molecule has 1 aromatic heterocycles. The minimum absolute atomic E-state index is 0.0188. The Bertz CT molecular complexity index is 1630. The van der Waals surface area contributed by atoms with Crippen LogP contribution < -0.4 is 9.64 Å². The maximum Gasteiger partial charge on any atom is 0.318 e. The topological polar surface area (TPSA) is 115 Å². The van der Waals surface area contributed by atoms with Crippen LogP contribution in [0.5, 0.6) is 6.01 Å². The molecule has 10 nitrogen and oxygen atoms in total. The van der Waals surface area contributed by atoms with Gasteiger partial charge in [0, 0.05) is 54.6 Å². The number of β-amino-alcohol motifs (C(OH)–C–C–N with tert-alkyl or cyclic N) is 1. The molecule has 0 saturated carbocycles. The fourth-order valence-corrected chi connectivity index (χ4v) is 6.81. The van der Waals surface area contributed by atoms with Gasteiger partial charge in [0.2, 0.25) is 0 Å². The Hall–Kier alpha value is -3.82. The molecule has 1 amide bonds. The van der Waals surface area contributed by atoms with Gasteiger partial charge in [-0.15, -0.1) is 0 Å². The summed E-state index contributed by atoms with van der Waals surface area (Å²) in [5.74, 6) is -1.25. The van der Waals surface area contributed by atoms with Crippen molar-refractivity contribution in [3.8, 4) is 12.1 Å². The molecule has 4 atom stereocenters. The molecule has 2 aromatic carbocycles. The van der Waals surface area contributed by atoms with Gasteiger partial charge in [0.1, 0.15) is 12.4 Å². The van der Waals surface area contributed by atoms with Crippen molar-refractivity contribution in [3.05, 3.63) is 70.6 Å². The molecule has 3 aliphatic rings. The van der Waals surface area contributed by atoms with Crippen LogP contribution in [0.15, 0.2) is 48.8 Å². The SMILES string of the molecule is C=C(F)C(=O)N1CCN(c2nc(OC[C@@H]3C[C@H](O)CN3C)nc3c2COC(c2cccc4cccc(Cl)c24)C3)C[C@@H]1CC#N. The van der Waals surface area contributed by atoms with Gasteiger partial charge < -0.3 is 24.4 Å². The molecule has 2 fully saturated rings. The average Bonchev–Trinajstić information content (AvgIpc) is 3.35. The minimum Gasteiger partial charge on any atom is -0.462 e. The molecule has 44 heavy (non-hydrogen) atoms. The number of likely N-dealkylation sites (tertiary alicyclic amines) is 1. The Labute approximate surface area is 260 Å². The quantitative estimate of drug-likeness (QED) is 0.392. The molecule has 2 saturated heterocycles. The fourth-order valence-electron chi connectivity index (χ4n) is 6.51. The Morgan fingerprint density at radius 3 is 2.75 bits per heavy atom. The number of nitriles is 1. The number of carbonyl (C=O) groups excluding carboxylic acids is 1. The van der Waals surface area contributed by atoms with Crippen LogP contribution in [-0.2, 0) is 22.6 Å². The van der Waals surface area contributed by atoms with Crippen molar-refractivity contribution in [1.29, 1.82) is 5.26 Å². The first kappa shape index (κ1) is 30.2. The number of aliphatic hydroxyl groups is 1. The van der Waals surface area contributed by atoms with E-state index in [4.69, 9.17) is 31.0 Å². The van der Waals surface area contributed by atoms with Gasteiger partial charge in [-0.05, 0) is 30.5 Å². The van der Waals surface area contributed by atoms with Crippen LogP contribution in [0.1, 0.15) is 35.8 Å². The number of benzene rings is 2. The number of hydrogen-bond acceptors (Lipinski definition) is 9. The van der Waals surface area contributed by atoms with E-state index in [1.807, 2.05) is 48.3 Å². The van der Waals surface area contributed by atoms with E-state index in [2.05, 4.69) is 17.5 Å². The van der Waals surface area contributed by atoms with Gasteiger partial charge in [-0.2, -0.15) is 15.2 Å². The number of halogens is 2. The van der Waals surface area contributed by atoms with Crippen LogP contribution in [-0.4, -0.2) is 88.8 Å². The van der Waals surface area contributed by atoms with E-state index in [9.17, 15) is 19.6 Å². The fraction of sp³-hybridized carbons (Fsp3) is 0.438. The molecular weight excluding hydrogens is 587 g/mol. The number of fused-ring (bicyclic) bond motifs is 2. The van der Waals surface area contributed by atoms with Gasteiger partial charge in [0.05, 0.1) is 43.0 Å². The molecule has 1 unspecified atom stereocenters. The van der Waals surface area contributed by atoms with Crippen LogP contribution >= 0.6 is 11.6 Å². The summed E-state index contributed by atoms with van der Waals surface area (Å²) in [6.07, 6.45) is 0.361. The van der Waals surface area contributed by atoms with E-state index in [0.717, 1.165) is 27.6 Å². The highest BCUT2D eigenvalue weighted by Crippen LogP contribution is 2.39. The molecule has 3 aliphatic heterocycles. The lowest BCUT2D eigenvalue weighted by molar-refractivity contribution is -0.131. The van der Waals surface area contributed by atoms with Crippen LogP contribution in [0.25, 0.3) is 10.8 Å². The number of aromatic nitrogens is 2. The maximum atomic E-state index is 13.8. The standard InChI is InChI=1S/C32H34ClFN6O4/c1-19(34)31(42)40-12-11-39(15-21(40)9-10-35)30-25-18-43-28(24-7-3-5-20-6-4-8-26(33)29(20)24)14-27(25)36-32(37-30)44-17-22-13-23(41)16-38(22)2/h3-8,21-23,28,41H,1,9,11-18H2,2H3/t21-,22-,23-,28?/m0/s1.